The first-order valence-corrected chi connectivity index (χ1v) is 8.31. The van der Waals surface area contributed by atoms with Gasteiger partial charge in [-0.1, -0.05) is 6.92 Å². The van der Waals surface area contributed by atoms with E-state index in [2.05, 4.69) is 17.1 Å². The molecular formula is C16H32N2O. The molecule has 1 saturated carbocycles. The van der Waals surface area contributed by atoms with Gasteiger partial charge in [0.25, 0.3) is 0 Å². The molecule has 1 N–H and O–H groups in total. The van der Waals surface area contributed by atoms with Gasteiger partial charge in [0, 0.05) is 19.7 Å². The molecule has 2 fully saturated rings. The van der Waals surface area contributed by atoms with E-state index in [1.54, 1.807) is 0 Å². The molecule has 3 nitrogen and oxygen atoms in total. The first-order chi connectivity index (χ1) is 9.33. The largest absolute Gasteiger partial charge is 0.381 e. The fraction of sp³-hybridized carbons (Fsp3) is 1.00. The standard InChI is InChI=1S/C16H32N2O/c1-3-11-18(13-14-7-9-17-10-8-14)15-5-4-6-16(12-15)19-2/h14-17H,3-13H2,1-2H3. The lowest BCUT2D eigenvalue weighted by Gasteiger charge is -2.39. The van der Waals surface area contributed by atoms with Crippen LogP contribution in [-0.2, 0) is 4.74 Å². The lowest BCUT2D eigenvalue weighted by Crippen LogP contribution is -2.45. The molecule has 1 saturated heterocycles. The Kier molecular flexibility index (Phi) is 6.62. The fourth-order valence-corrected chi connectivity index (χ4v) is 3.77. The van der Waals surface area contributed by atoms with Gasteiger partial charge in [-0.25, -0.2) is 0 Å². The van der Waals surface area contributed by atoms with E-state index in [0.717, 1.165) is 12.0 Å². The van der Waals surface area contributed by atoms with Gasteiger partial charge in [-0.15, -0.1) is 0 Å². The molecule has 2 rings (SSSR count). The lowest BCUT2D eigenvalue weighted by molar-refractivity contribution is 0.0219. The quantitative estimate of drug-likeness (QED) is 0.801. The van der Waals surface area contributed by atoms with E-state index in [0.29, 0.717) is 6.10 Å². The maximum atomic E-state index is 5.60. The SMILES string of the molecule is CCCN(CC1CCNCC1)C1CCCC(OC)C1. The van der Waals surface area contributed by atoms with Crippen LogP contribution in [0.2, 0.25) is 0 Å². The van der Waals surface area contributed by atoms with Crippen LogP contribution in [0.3, 0.4) is 0 Å². The summed E-state index contributed by atoms with van der Waals surface area (Å²) in [6, 6.07) is 0.772. The number of nitrogens with one attached hydrogen (secondary N) is 1. The Bertz CT molecular complexity index is 241. The normalized spacial score (nSPS) is 29.8. The van der Waals surface area contributed by atoms with Crippen molar-refractivity contribution in [1.29, 1.82) is 0 Å². The van der Waals surface area contributed by atoms with Gasteiger partial charge in [-0.2, -0.15) is 0 Å². The fourth-order valence-electron chi connectivity index (χ4n) is 3.77. The molecule has 3 heteroatoms. The van der Waals surface area contributed by atoms with Crippen molar-refractivity contribution in [3.05, 3.63) is 0 Å². The predicted octanol–water partition coefficient (Wildman–Crippen LogP) is 2.66. The maximum Gasteiger partial charge on any atom is 0.0586 e. The van der Waals surface area contributed by atoms with E-state index in [9.17, 15) is 0 Å². The first kappa shape index (κ1) is 15.3. The molecule has 2 atom stereocenters. The van der Waals surface area contributed by atoms with Crippen molar-refractivity contribution in [2.45, 2.75) is 64.0 Å². The van der Waals surface area contributed by atoms with E-state index < -0.39 is 0 Å². The smallest absolute Gasteiger partial charge is 0.0586 e. The third-order valence-electron chi connectivity index (χ3n) is 4.91. The van der Waals surface area contributed by atoms with E-state index in [4.69, 9.17) is 4.74 Å². The molecule has 0 bridgehead atoms. The van der Waals surface area contributed by atoms with Crippen LogP contribution in [0.15, 0.2) is 0 Å². The molecule has 1 aliphatic carbocycles. The summed E-state index contributed by atoms with van der Waals surface area (Å²) < 4.78 is 5.60. The zero-order valence-corrected chi connectivity index (χ0v) is 12.9. The van der Waals surface area contributed by atoms with E-state index >= 15 is 0 Å². The second kappa shape index (κ2) is 8.23. The van der Waals surface area contributed by atoms with Crippen molar-refractivity contribution in [2.24, 2.45) is 5.92 Å². The Hall–Kier alpha value is -0.120. The van der Waals surface area contributed by atoms with Gasteiger partial charge in [0.1, 0.15) is 0 Å². The molecule has 0 radical (unpaired) electrons. The van der Waals surface area contributed by atoms with Crippen LogP contribution in [0.25, 0.3) is 0 Å². The highest BCUT2D eigenvalue weighted by molar-refractivity contribution is 4.83. The summed E-state index contributed by atoms with van der Waals surface area (Å²) in [4.78, 5) is 2.78. The van der Waals surface area contributed by atoms with Crippen LogP contribution in [0.1, 0.15) is 51.9 Å². The van der Waals surface area contributed by atoms with Crippen molar-refractivity contribution >= 4 is 0 Å². The molecule has 0 spiro atoms. The summed E-state index contributed by atoms with van der Waals surface area (Å²) in [5, 5.41) is 3.48. The molecule has 0 aromatic heterocycles. The lowest BCUT2D eigenvalue weighted by atomic mass is 9.89. The van der Waals surface area contributed by atoms with Gasteiger partial charge in [0.05, 0.1) is 6.10 Å². The summed E-state index contributed by atoms with van der Waals surface area (Å²) >= 11 is 0. The van der Waals surface area contributed by atoms with Crippen LogP contribution in [0, 0.1) is 5.92 Å². The van der Waals surface area contributed by atoms with Crippen molar-refractivity contribution in [3.63, 3.8) is 0 Å². The Morgan fingerprint density at radius 3 is 2.63 bits per heavy atom. The molecule has 2 aliphatic rings. The highest BCUT2D eigenvalue weighted by Crippen LogP contribution is 2.26. The Balaban J connectivity index is 1.86. The number of hydrogen-bond acceptors (Lipinski definition) is 3. The number of rotatable bonds is 6. The Morgan fingerprint density at radius 2 is 1.95 bits per heavy atom. The molecule has 2 unspecified atom stereocenters. The summed E-state index contributed by atoms with van der Waals surface area (Å²) in [6.45, 7) is 7.33. The third-order valence-corrected chi connectivity index (χ3v) is 4.91. The van der Waals surface area contributed by atoms with Crippen molar-refractivity contribution < 1.29 is 4.74 Å². The summed E-state index contributed by atoms with van der Waals surface area (Å²) in [5.74, 6) is 0.913. The molecule has 19 heavy (non-hydrogen) atoms. The topological polar surface area (TPSA) is 24.5 Å². The van der Waals surface area contributed by atoms with Gasteiger partial charge < -0.3 is 15.0 Å². The zero-order valence-electron chi connectivity index (χ0n) is 12.9. The van der Waals surface area contributed by atoms with Crippen LogP contribution < -0.4 is 5.32 Å². The van der Waals surface area contributed by atoms with Crippen molar-refractivity contribution in [1.82, 2.24) is 10.2 Å². The second-order valence-corrected chi connectivity index (χ2v) is 6.37. The highest BCUT2D eigenvalue weighted by Gasteiger charge is 2.28. The monoisotopic (exact) mass is 268 g/mol. The Labute approximate surface area is 119 Å². The van der Waals surface area contributed by atoms with E-state index in [-0.39, 0.29) is 0 Å². The number of ether oxygens (including phenoxy) is 1. The summed E-state index contributed by atoms with van der Waals surface area (Å²) in [6.07, 6.45) is 9.74. The number of methoxy groups -OCH3 is 1. The molecule has 112 valence electrons. The van der Waals surface area contributed by atoms with E-state index in [1.165, 1.54) is 71.1 Å². The minimum atomic E-state index is 0.506. The Morgan fingerprint density at radius 1 is 1.16 bits per heavy atom. The number of nitrogens with zero attached hydrogens (tertiary/aromatic N) is 1. The van der Waals surface area contributed by atoms with E-state index in [1.807, 2.05) is 7.11 Å². The van der Waals surface area contributed by atoms with Crippen molar-refractivity contribution in [2.75, 3.05) is 33.3 Å². The van der Waals surface area contributed by atoms with Crippen LogP contribution in [0.4, 0.5) is 0 Å². The molecule has 0 aromatic carbocycles. The number of piperidine rings is 1. The number of hydrogen-bond donors (Lipinski definition) is 1. The summed E-state index contributed by atoms with van der Waals surface area (Å²) in [5.41, 5.74) is 0. The maximum absolute atomic E-state index is 5.60. The van der Waals surface area contributed by atoms with Gasteiger partial charge in [0.2, 0.25) is 0 Å². The molecule has 1 aliphatic heterocycles. The molecule has 1 heterocycles. The highest BCUT2D eigenvalue weighted by atomic mass is 16.5. The minimum absolute atomic E-state index is 0.506. The molecular weight excluding hydrogens is 236 g/mol. The zero-order chi connectivity index (χ0) is 13.5. The average Bonchev–Trinajstić information content (AvgIpc) is 2.48. The summed E-state index contributed by atoms with van der Waals surface area (Å²) in [7, 11) is 1.88. The van der Waals surface area contributed by atoms with Gasteiger partial charge in [-0.3, -0.25) is 0 Å². The second-order valence-electron chi connectivity index (χ2n) is 6.37. The van der Waals surface area contributed by atoms with Gasteiger partial charge in [0.15, 0.2) is 0 Å². The third kappa shape index (κ3) is 4.73. The molecule has 0 amide bonds. The predicted molar refractivity (Wildman–Crippen MR) is 80.5 cm³/mol. The van der Waals surface area contributed by atoms with Crippen molar-refractivity contribution in [3.8, 4) is 0 Å². The average molecular weight is 268 g/mol. The van der Waals surface area contributed by atoms with Crippen LogP contribution in [-0.4, -0.2) is 50.3 Å². The van der Waals surface area contributed by atoms with Crippen LogP contribution >= 0.6 is 0 Å². The van der Waals surface area contributed by atoms with Gasteiger partial charge in [-0.05, 0) is 70.5 Å². The van der Waals surface area contributed by atoms with Crippen LogP contribution in [0.5, 0.6) is 0 Å². The first-order valence-electron chi connectivity index (χ1n) is 8.31. The molecule has 0 aromatic rings. The minimum Gasteiger partial charge on any atom is -0.381 e. The van der Waals surface area contributed by atoms with Gasteiger partial charge >= 0.3 is 0 Å².